The molecule has 1 amide bonds. The van der Waals surface area contributed by atoms with Gasteiger partial charge in [-0.2, -0.15) is 0 Å². The summed E-state index contributed by atoms with van der Waals surface area (Å²) in [6.45, 7) is 5.42. The molecule has 0 saturated heterocycles. The van der Waals surface area contributed by atoms with Crippen molar-refractivity contribution >= 4 is 32.5 Å². The number of halogens is 1. The number of carbonyl (C=O) groups excluding carboxylic acids is 2. The standard InChI is InChI=1S/C11H18INO3/c1-10(2,3)16-9(15)13-11(8(12)14)6-4-5-7-11/h4-7H2,1-3H3,(H,13,15). The molecule has 0 aliphatic heterocycles. The molecular formula is C11H18INO3. The first-order chi connectivity index (χ1) is 7.25. The Labute approximate surface area is 110 Å². The van der Waals surface area contributed by atoms with Gasteiger partial charge < -0.3 is 10.1 Å². The smallest absolute Gasteiger partial charge is 0.408 e. The molecule has 5 heteroatoms. The van der Waals surface area contributed by atoms with Crippen LogP contribution < -0.4 is 5.32 Å². The van der Waals surface area contributed by atoms with Gasteiger partial charge in [0.15, 0.2) is 0 Å². The topological polar surface area (TPSA) is 55.4 Å². The Morgan fingerprint density at radius 3 is 2.12 bits per heavy atom. The summed E-state index contributed by atoms with van der Waals surface area (Å²) < 4.78 is 5.16. The predicted octanol–water partition coefficient (Wildman–Crippen LogP) is 2.79. The van der Waals surface area contributed by atoms with Crippen molar-refractivity contribution < 1.29 is 14.3 Å². The van der Waals surface area contributed by atoms with Gasteiger partial charge in [0.1, 0.15) is 11.1 Å². The second-order valence-electron chi connectivity index (χ2n) is 5.19. The zero-order valence-corrected chi connectivity index (χ0v) is 12.1. The van der Waals surface area contributed by atoms with Crippen LogP contribution in [0, 0.1) is 0 Å². The summed E-state index contributed by atoms with van der Waals surface area (Å²) in [6.07, 6.45) is 2.89. The first-order valence-corrected chi connectivity index (χ1v) is 6.54. The van der Waals surface area contributed by atoms with Crippen LogP contribution in [0.1, 0.15) is 46.5 Å². The van der Waals surface area contributed by atoms with E-state index in [2.05, 4.69) is 5.32 Å². The average Bonchev–Trinajstić information content (AvgIpc) is 2.49. The molecular weight excluding hydrogens is 321 g/mol. The van der Waals surface area contributed by atoms with Crippen molar-refractivity contribution in [2.75, 3.05) is 0 Å². The maximum absolute atomic E-state index is 11.6. The first kappa shape index (κ1) is 13.7. The summed E-state index contributed by atoms with van der Waals surface area (Å²) in [6, 6.07) is 0. The third-order valence-corrected chi connectivity index (χ3v) is 3.61. The van der Waals surface area contributed by atoms with Gasteiger partial charge in [0.25, 0.3) is 0 Å². The van der Waals surface area contributed by atoms with Gasteiger partial charge in [0, 0.05) is 22.6 Å². The molecule has 0 aromatic carbocycles. The van der Waals surface area contributed by atoms with Crippen molar-refractivity contribution in [3.8, 4) is 0 Å². The highest BCUT2D eigenvalue weighted by Gasteiger charge is 2.41. The molecule has 1 saturated carbocycles. The molecule has 4 nitrogen and oxygen atoms in total. The molecule has 1 N–H and O–H groups in total. The van der Waals surface area contributed by atoms with Crippen LogP contribution >= 0.6 is 22.6 Å². The third-order valence-electron chi connectivity index (χ3n) is 2.57. The van der Waals surface area contributed by atoms with Crippen LogP contribution in [0.25, 0.3) is 0 Å². The molecule has 92 valence electrons. The highest BCUT2D eigenvalue weighted by Crippen LogP contribution is 2.32. The van der Waals surface area contributed by atoms with E-state index in [9.17, 15) is 9.59 Å². The molecule has 1 fully saturated rings. The summed E-state index contributed by atoms with van der Waals surface area (Å²) in [4.78, 5) is 23.2. The molecule has 1 aliphatic carbocycles. The Balaban J connectivity index is 2.63. The van der Waals surface area contributed by atoms with Gasteiger partial charge in [0.05, 0.1) is 0 Å². The maximum atomic E-state index is 11.6. The molecule has 1 aliphatic rings. The zero-order valence-electron chi connectivity index (χ0n) is 9.93. The van der Waals surface area contributed by atoms with Gasteiger partial charge >= 0.3 is 6.09 Å². The summed E-state index contributed by atoms with van der Waals surface area (Å²) >= 11 is 1.76. The number of hydrogen-bond acceptors (Lipinski definition) is 3. The van der Waals surface area contributed by atoms with Crippen LogP contribution in [0.3, 0.4) is 0 Å². The van der Waals surface area contributed by atoms with Crippen molar-refractivity contribution in [3.05, 3.63) is 0 Å². The fraction of sp³-hybridized carbons (Fsp3) is 0.818. The Bertz CT molecular complexity index is 290. The van der Waals surface area contributed by atoms with Crippen molar-refractivity contribution in [2.24, 2.45) is 0 Å². The largest absolute Gasteiger partial charge is 0.444 e. The van der Waals surface area contributed by atoms with Crippen LogP contribution in [0.4, 0.5) is 4.79 Å². The van der Waals surface area contributed by atoms with E-state index in [-0.39, 0.29) is 3.79 Å². The second-order valence-corrected chi connectivity index (χ2v) is 6.17. The van der Waals surface area contributed by atoms with Crippen molar-refractivity contribution in [1.29, 1.82) is 0 Å². The predicted molar refractivity (Wildman–Crippen MR) is 69.6 cm³/mol. The number of hydrogen-bond donors (Lipinski definition) is 1. The van der Waals surface area contributed by atoms with E-state index < -0.39 is 17.2 Å². The zero-order chi connectivity index (χ0) is 12.4. The van der Waals surface area contributed by atoms with E-state index in [0.29, 0.717) is 12.8 Å². The molecule has 0 aromatic rings. The highest BCUT2D eigenvalue weighted by molar-refractivity contribution is 14.1. The van der Waals surface area contributed by atoms with Gasteiger partial charge in [-0.1, -0.05) is 12.8 Å². The van der Waals surface area contributed by atoms with Gasteiger partial charge in [-0.15, -0.1) is 0 Å². The first-order valence-electron chi connectivity index (χ1n) is 5.46. The Hall–Kier alpha value is -0.330. The summed E-state index contributed by atoms with van der Waals surface area (Å²) in [5.74, 6) is 0. The van der Waals surface area contributed by atoms with Crippen molar-refractivity contribution in [2.45, 2.75) is 57.6 Å². The van der Waals surface area contributed by atoms with Crippen molar-refractivity contribution in [3.63, 3.8) is 0 Å². The lowest BCUT2D eigenvalue weighted by molar-refractivity contribution is -0.115. The third kappa shape index (κ3) is 3.61. The molecule has 0 spiro atoms. The lowest BCUT2D eigenvalue weighted by atomic mass is 10.0. The molecule has 0 bridgehead atoms. The van der Waals surface area contributed by atoms with Gasteiger partial charge in [-0.3, -0.25) is 4.79 Å². The number of ether oxygens (including phenoxy) is 1. The summed E-state index contributed by atoms with van der Waals surface area (Å²) in [7, 11) is 0. The fourth-order valence-electron chi connectivity index (χ4n) is 1.85. The fourth-order valence-corrected chi connectivity index (χ4v) is 2.52. The van der Waals surface area contributed by atoms with Crippen LogP contribution in [-0.4, -0.2) is 21.0 Å². The van der Waals surface area contributed by atoms with E-state index in [1.165, 1.54) is 0 Å². The van der Waals surface area contributed by atoms with Crippen molar-refractivity contribution in [1.82, 2.24) is 5.32 Å². The van der Waals surface area contributed by atoms with Crippen LogP contribution in [0.15, 0.2) is 0 Å². The van der Waals surface area contributed by atoms with E-state index >= 15 is 0 Å². The number of nitrogens with one attached hydrogen (secondary N) is 1. The van der Waals surface area contributed by atoms with Gasteiger partial charge in [0.2, 0.25) is 3.79 Å². The maximum Gasteiger partial charge on any atom is 0.408 e. The van der Waals surface area contributed by atoms with Crippen LogP contribution in [0.5, 0.6) is 0 Å². The lowest BCUT2D eigenvalue weighted by Gasteiger charge is -2.28. The number of amides is 1. The summed E-state index contributed by atoms with van der Waals surface area (Å²) in [5.41, 5.74) is -1.22. The quantitative estimate of drug-likeness (QED) is 0.622. The molecule has 1 rings (SSSR count). The summed E-state index contributed by atoms with van der Waals surface area (Å²) in [5, 5.41) is 2.73. The molecule has 0 unspecified atom stereocenters. The number of alkyl carbamates (subject to hydrolysis) is 1. The van der Waals surface area contributed by atoms with Crippen LogP contribution in [0.2, 0.25) is 0 Å². The normalized spacial score (nSPS) is 19.2. The monoisotopic (exact) mass is 339 g/mol. The molecule has 16 heavy (non-hydrogen) atoms. The molecule has 0 heterocycles. The molecule has 0 radical (unpaired) electrons. The SMILES string of the molecule is CC(C)(C)OC(=O)NC1(C(=O)I)CCCC1. The second kappa shape index (κ2) is 4.89. The average molecular weight is 339 g/mol. The number of carbonyl (C=O) groups is 2. The van der Waals surface area contributed by atoms with Crippen LogP contribution in [-0.2, 0) is 9.53 Å². The van der Waals surface area contributed by atoms with Gasteiger partial charge in [-0.25, -0.2) is 4.79 Å². The Morgan fingerprint density at radius 1 is 1.25 bits per heavy atom. The van der Waals surface area contributed by atoms with Gasteiger partial charge in [-0.05, 0) is 33.6 Å². The van der Waals surface area contributed by atoms with E-state index in [1.54, 1.807) is 43.4 Å². The highest BCUT2D eigenvalue weighted by atomic mass is 127. The number of rotatable bonds is 2. The Morgan fingerprint density at radius 2 is 1.75 bits per heavy atom. The molecule has 0 atom stereocenters. The lowest BCUT2D eigenvalue weighted by Crippen LogP contribution is -2.51. The minimum atomic E-state index is -0.692. The molecule has 0 aromatic heterocycles. The van der Waals surface area contributed by atoms with E-state index in [0.717, 1.165) is 12.8 Å². The minimum Gasteiger partial charge on any atom is -0.444 e. The minimum absolute atomic E-state index is 0.00606. The van der Waals surface area contributed by atoms with E-state index in [4.69, 9.17) is 4.74 Å². The Kier molecular flexibility index (Phi) is 4.20. The van der Waals surface area contributed by atoms with E-state index in [1.807, 2.05) is 0 Å².